The highest BCUT2D eigenvalue weighted by Gasteiger charge is 2.32. The molecular formula is C11H10BrF3N4. The van der Waals surface area contributed by atoms with Crippen LogP contribution < -0.4 is 5.32 Å². The van der Waals surface area contributed by atoms with E-state index in [9.17, 15) is 13.2 Å². The molecule has 0 radical (unpaired) electrons. The third-order valence-electron chi connectivity index (χ3n) is 2.56. The third-order valence-corrected chi connectivity index (χ3v) is 3.21. The first-order valence-corrected chi connectivity index (χ1v) is 6.11. The van der Waals surface area contributed by atoms with Crippen LogP contribution in [-0.4, -0.2) is 15.0 Å². The molecule has 0 amide bonds. The molecule has 0 spiro atoms. The lowest BCUT2D eigenvalue weighted by Gasteiger charge is -2.11. The van der Waals surface area contributed by atoms with Crippen LogP contribution in [0.3, 0.4) is 0 Å². The summed E-state index contributed by atoms with van der Waals surface area (Å²) in [5.74, 6) is 0. The fourth-order valence-corrected chi connectivity index (χ4v) is 2.12. The van der Waals surface area contributed by atoms with Gasteiger partial charge in [-0.3, -0.25) is 4.68 Å². The Morgan fingerprint density at radius 2 is 2.11 bits per heavy atom. The average molecular weight is 335 g/mol. The SMILES string of the molecule is Cn1nncc1CNc1ccc(C(F)(F)F)c(Br)c1. The van der Waals surface area contributed by atoms with Gasteiger partial charge in [0.15, 0.2) is 0 Å². The number of alkyl halides is 3. The lowest BCUT2D eigenvalue weighted by atomic mass is 10.2. The second-order valence-corrected chi connectivity index (χ2v) is 4.75. The normalized spacial score (nSPS) is 11.6. The first-order valence-electron chi connectivity index (χ1n) is 5.32. The highest BCUT2D eigenvalue weighted by molar-refractivity contribution is 9.10. The molecule has 0 aliphatic heterocycles. The van der Waals surface area contributed by atoms with E-state index >= 15 is 0 Å². The summed E-state index contributed by atoms with van der Waals surface area (Å²) in [5.41, 5.74) is 0.720. The Morgan fingerprint density at radius 3 is 2.63 bits per heavy atom. The summed E-state index contributed by atoms with van der Waals surface area (Å²) in [6, 6.07) is 3.82. The largest absolute Gasteiger partial charge is 0.417 e. The summed E-state index contributed by atoms with van der Waals surface area (Å²) < 4.78 is 39.3. The summed E-state index contributed by atoms with van der Waals surface area (Å²) >= 11 is 2.93. The van der Waals surface area contributed by atoms with Crippen molar-refractivity contribution in [3.63, 3.8) is 0 Å². The number of benzene rings is 1. The molecule has 2 rings (SSSR count). The summed E-state index contributed by atoms with van der Waals surface area (Å²) in [6.07, 6.45) is -2.77. The standard InChI is InChI=1S/C11H10BrF3N4/c1-19-8(6-17-18-19)5-16-7-2-3-9(10(12)4-7)11(13,14)15/h2-4,6,16H,5H2,1H3. The lowest BCUT2D eigenvalue weighted by molar-refractivity contribution is -0.138. The van der Waals surface area contributed by atoms with Crippen LogP contribution in [0.5, 0.6) is 0 Å². The van der Waals surface area contributed by atoms with Crippen molar-refractivity contribution in [1.29, 1.82) is 0 Å². The number of aryl methyl sites for hydroxylation is 1. The van der Waals surface area contributed by atoms with Gasteiger partial charge in [-0.25, -0.2) is 0 Å². The van der Waals surface area contributed by atoms with E-state index in [-0.39, 0.29) is 4.47 Å². The van der Waals surface area contributed by atoms with Gasteiger partial charge >= 0.3 is 6.18 Å². The molecule has 8 heteroatoms. The molecular weight excluding hydrogens is 325 g/mol. The molecule has 0 saturated carbocycles. The maximum Gasteiger partial charge on any atom is 0.417 e. The number of aromatic nitrogens is 3. The Morgan fingerprint density at radius 1 is 1.37 bits per heavy atom. The summed E-state index contributed by atoms with van der Waals surface area (Å²) in [7, 11) is 1.74. The number of nitrogens with one attached hydrogen (secondary N) is 1. The molecule has 1 aromatic carbocycles. The van der Waals surface area contributed by atoms with Gasteiger partial charge in [-0.2, -0.15) is 13.2 Å². The number of anilines is 1. The number of nitrogens with zero attached hydrogens (tertiary/aromatic N) is 3. The second-order valence-electron chi connectivity index (χ2n) is 3.89. The van der Waals surface area contributed by atoms with E-state index in [1.54, 1.807) is 17.9 Å². The number of rotatable bonds is 3. The van der Waals surface area contributed by atoms with Gasteiger partial charge < -0.3 is 5.32 Å². The van der Waals surface area contributed by atoms with Gasteiger partial charge in [-0.15, -0.1) is 5.10 Å². The molecule has 1 heterocycles. The molecule has 0 saturated heterocycles. The van der Waals surface area contributed by atoms with E-state index in [0.29, 0.717) is 12.2 Å². The van der Waals surface area contributed by atoms with Crippen LogP contribution in [0.15, 0.2) is 28.9 Å². The predicted molar refractivity (Wildman–Crippen MR) is 67.5 cm³/mol. The molecule has 0 unspecified atom stereocenters. The fraction of sp³-hybridized carbons (Fsp3) is 0.273. The molecule has 0 atom stereocenters. The Balaban J connectivity index is 2.11. The van der Waals surface area contributed by atoms with Gasteiger partial charge in [-0.1, -0.05) is 21.1 Å². The Bertz CT molecular complexity index is 580. The maximum absolute atomic E-state index is 12.6. The van der Waals surface area contributed by atoms with Gasteiger partial charge in [0.2, 0.25) is 0 Å². The van der Waals surface area contributed by atoms with Crippen molar-refractivity contribution >= 4 is 21.6 Å². The molecule has 0 bridgehead atoms. The Kier molecular flexibility index (Phi) is 3.79. The zero-order valence-electron chi connectivity index (χ0n) is 9.87. The topological polar surface area (TPSA) is 42.7 Å². The van der Waals surface area contributed by atoms with Gasteiger partial charge in [0.05, 0.1) is 24.0 Å². The predicted octanol–water partition coefficient (Wildman–Crippen LogP) is 3.21. The highest BCUT2D eigenvalue weighted by Crippen LogP contribution is 2.36. The average Bonchev–Trinajstić information content (AvgIpc) is 2.70. The fourth-order valence-electron chi connectivity index (χ4n) is 1.52. The van der Waals surface area contributed by atoms with Crippen LogP contribution in [0, 0.1) is 0 Å². The molecule has 0 aliphatic rings. The van der Waals surface area contributed by atoms with E-state index < -0.39 is 11.7 Å². The Hall–Kier alpha value is -1.57. The van der Waals surface area contributed by atoms with Crippen molar-refractivity contribution in [3.05, 3.63) is 40.1 Å². The van der Waals surface area contributed by atoms with Crippen LogP contribution in [0.2, 0.25) is 0 Å². The first-order chi connectivity index (χ1) is 8.88. The number of hydrogen-bond acceptors (Lipinski definition) is 3. The number of hydrogen-bond donors (Lipinski definition) is 1. The van der Waals surface area contributed by atoms with Crippen LogP contribution in [0.25, 0.3) is 0 Å². The Labute approximate surface area is 115 Å². The van der Waals surface area contributed by atoms with E-state index in [1.807, 2.05) is 0 Å². The molecule has 2 aromatic rings. The van der Waals surface area contributed by atoms with Crippen molar-refractivity contribution in [2.45, 2.75) is 12.7 Å². The molecule has 0 fully saturated rings. The third kappa shape index (κ3) is 3.25. The van der Waals surface area contributed by atoms with Crippen molar-refractivity contribution in [1.82, 2.24) is 15.0 Å². The van der Waals surface area contributed by atoms with Crippen molar-refractivity contribution < 1.29 is 13.2 Å². The quantitative estimate of drug-likeness (QED) is 0.937. The van der Waals surface area contributed by atoms with Crippen molar-refractivity contribution in [2.75, 3.05) is 5.32 Å². The summed E-state index contributed by atoms with van der Waals surface area (Å²) in [6.45, 7) is 0.432. The lowest BCUT2D eigenvalue weighted by Crippen LogP contribution is -2.08. The molecule has 4 nitrogen and oxygen atoms in total. The van der Waals surface area contributed by atoms with Gasteiger partial charge in [0.25, 0.3) is 0 Å². The molecule has 1 N–H and O–H groups in total. The summed E-state index contributed by atoms with van der Waals surface area (Å²) in [4.78, 5) is 0. The molecule has 19 heavy (non-hydrogen) atoms. The van der Waals surface area contributed by atoms with Crippen LogP contribution >= 0.6 is 15.9 Å². The van der Waals surface area contributed by atoms with Gasteiger partial charge in [-0.05, 0) is 18.2 Å². The van der Waals surface area contributed by atoms with Gasteiger partial charge in [0.1, 0.15) is 0 Å². The van der Waals surface area contributed by atoms with E-state index in [2.05, 4.69) is 31.6 Å². The van der Waals surface area contributed by atoms with E-state index in [1.165, 1.54) is 12.1 Å². The van der Waals surface area contributed by atoms with Crippen molar-refractivity contribution in [2.24, 2.45) is 7.05 Å². The zero-order valence-corrected chi connectivity index (χ0v) is 11.5. The van der Waals surface area contributed by atoms with Crippen molar-refractivity contribution in [3.8, 4) is 0 Å². The maximum atomic E-state index is 12.6. The van der Waals surface area contributed by atoms with Crippen LogP contribution in [-0.2, 0) is 19.8 Å². The summed E-state index contributed by atoms with van der Waals surface area (Å²) in [5, 5.41) is 10.5. The monoisotopic (exact) mass is 334 g/mol. The zero-order chi connectivity index (χ0) is 14.0. The minimum Gasteiger partial charge on any atom is -0.379 e. The van der Waals surface area contributed by atoms with Crippen LogP contribution in [0.4, 0.5) is 18.9 Å². The molecule has 1 aromatic heterocycles. The molecule has 0 aliphatic carbocycles. The van der Waals surface area contributed by atoms with Crippen LogP contribution in [0.1, 0.15) is 11.3 Å². The second kappa shape index (κ2) is 5.20. The smallest absolute Gasteiger partial charge is 0.379 e. The highest BCUT2D eigenvalue weighted by atomic mass is 79.9. The molecule has 102 valence electrons. The van der Waals surface area contributed by atoms with Gasteiger partial charge in [0, 0.05) is 17.2 Å². The van der Waals surface area contributed by atoms with E-state index in [0.717, 1.165) is 11.8 Å². The van der Waals surface area contributed by atoms with E-state index in [4.69, 9.17) is 0 Å². The first kappa shape index (κ1) is 13.9. The minimum atomic E-state index is -4.36. The number of halogens is 4. The minimum absolute atomic E-state index is 0.00753.